The predicted molar refractivity (Wildman–Crippen MR) is 56.2 cm³/mol. The van der Waals surface area contributed by atoms with Crippen molar-refractivity contribution in [2.45, 2.75) is 6.18 Å². The van der Waals surface area contributed by atoms with Crippen LogP contribution in [0.4, 0.5) is 13.2 Å². The van der Waals surface area contributed by atoms with Crippen LogP contribution in [-0.2, 0) is 6.18 Å². The van der Waals surface area contributed by atoms with Gasteiger partial charge in [0.05, 0.1) is 5.56 Å². The zero-order valence-electron chi connectivity index (χ0n) is 8.42. The summed E-state index contributed by atoms with van der Waals surface area (Å²) in [5, 5.41) is 5.27. The number of aromatic nitrogens is 2. The van der Waals surface area contributed by atoms with E-state index < -0.39 is 11.9 Å². The first-order valence-electron chi connectivity index (χ1n) is 4.69. The lowest BCUT2D eigenvalue weighted by Gasteiger charge is -2.06. The minimum Gasteiger partial charge on any atom is -0.161 e. The fourth-order valence-corrected chi connectivity index (χ4v) is 1.61. The predicted octanol–water partition coefficient (Wildman–Crippen LogP) is 3.23. The first kappa shape index (κ1) is 11.9. The molecule has 0 atom stereocenters. The van der Waals surface area contributed by atoms with E-state index in [1.165, 1.54) is 6.07 Å². The quantitative estimate of drug-likeness (QED) is 0.772. The minimum absolute atomic E-state index is 0.0156. The molecule has 2 nitrogen and oxygen atoms in total. The maximum atomic E-state index is 12.8. The second-order valence-electron chi connectivity index (χ2n) is 3.34. The van der Waals surface area contributed by atoms with Crippen LogP contribution in [0.25, 0.3) is 11.1 Å². The number of rotatable bonds is 1. The standard InChI is InChI=1S/C11H6ClF3N2/c12-9-6-8(7-4-2-1-3-5-7)10(17-16-9)11(13,14)15/h1-6H/p+1. The van der Waals surface area contributed by atoms with Crippen LogP contribution in [0, 0.1) is 0 Å². The summed E-state index contributed by atoms with van der Waals surface area (Å²) in [6.07, 6.45) is -4.50. The molecule has 88 valence electrons. The van der Waals surface area contributed by atoms with Gasteiger partial charge in [0.1, 0.15) is 0 Å². The average Bonchev–Trinajstić information content (AvgIpc) is 2.28. The Bertz CT molecular complexity index is 526. The molecule has 0 radical (unpaired) electrons. The fraction of sp³-hybridized carbons (Fsp3) is 0.0909. The van der Waals surface area contributed by atoms with Gasteiger partial charge >= 0.3 is 11.9 Å². The highest BCUT2D eigenvalue weighted by molar-refractivity contribution is 6.29. The summed E-state index contributed by atoms with van der Waals surface area (Å²) in [5.74, 6) is 0. The third kappa shape index (κ3) is 2.55. The van der Waals surface area contributed by atoms with Crippen molar-refractivity contribution in [3.63, 3.8) is 0 Å². The Morgan fingerprint density at radius 2 is 1.76 bits per heavy atom. The molecule has 0 saturated heterocycles. The van der Waals surface area contributed by atoms with E-state index in [0.29, 0.717) is 5.56 Å². The molecule has 17 heavy (non-hydrogen) atoms. The van der Waals surface area contributed by atoms with Gasteiger partial charge in [-0.3, -0.25) is 0 Å². The van der Waals surface area contributed by atoms with E-state index in [0.717, 1.165) is 0 Å². The molecule has 2 rings (SSSR count). The Hall–Kier alpha value is -1.62. The summed E-state index contributed by atoms with van der Waals surface area (Å²) < 4.78 is 38.3. The third-order valence-corrected chi connectivity index (χ3v) is 2.37. The van der Waals surface area contributed by atoms with Crippen molar-refractivity contribution in [2.75, 3.05) is 0 Å². The largest absolute Gasteiger partial charge is 0.480 e. The zero-order chi connectivity index (χ0) is 12.5. The summed E-state index contributed by atoms with van der Waals surface area (Å²) in [5.41, 5.74) is -0.494. The second-order valence-corrected chi connectivity index (χ2v) is 3.73. The number of alkyl halides is 3. The van der Waals surface area contributed by atoms with Crippen LogP contribution in [0.5, 0.6) is 0 Å². The number of nitrogens with one attached hydrogen (secondary N) is 1. The lowest BCUT2D eigenvalue weighted by Crippen LogP contribution is -2.25. The van der Waals surface area contributed by atoms with Crippen molar-refractivity contribution in [3.8, 4) is 11.1 Å². The molecule has 0 aliphatic rings. The van der Waals surface area contributed by atoms with Crippen LogP contribution in [0.1, 0.15) is 5.69 Å². The lowest BCUT2D eigenvalue weighted by atomic mass is 10.0. The Labute approximate surface area is 100 Å². The van der Waals surface area contributed by atoms with Gasteiger partial charge in [0, 0.05) is 5.10 Å². The highest BCUT2D eigenvalue weighted by Gasteiger charge is 2.42. The van der Waals surface area contributed by atoms with Gasteiger partial charge in [-0.2, -0.15) is 13.2 Å². The van der Waals surface area contributed by atoms with Gasteiger partial charge in [0.2, 0.25) is 0 Å². The molecule has 1 N–H and O–H groups in total. The van der Waals surface area contributed by atoms with Crippen molar-refractivity contribution in [1.29, 1.82) is 0 Å². The molecule has 0 spiro atoms. The van der Waals surface area contributed by atoms with Crippen LogP contribution in [0.2, 0.25) is 5.15 Å². The molecule has 0 amide bonds. The monoisotopic (exact) mass is 259 g/mol. The van der Waals surface area contributed by atoms with Crippen molar-refractivity contribution in [1.82, 2.24) is 5.10 Å². The van der Waals surface area contributed by atoms with Crippen LogP contribution in [-0.4, -0.2) is 5.10 Å². The maximum absolute atomic E-state index is 12.8. The van der Waals surface area contributed by atoms with Crippen molar-refractivity contribution < 1.29 is 18.3 Å². The summed E-state index contributed by atoms with van der Waals surface area (Å²) >= 11 is 5.61. The number of nitrogens with zero attached hydrogens (tertiary/aromatic N) is 1. The number of halogens is 4. The molecule has 2 aromatic rings. The van der Waals surface area contributed by atoms with E-state index in [9.17, 15) is 13.2 Å². The lowest BCUT2D eigenvalue weighted by molar-refractivity contribution is -0.489. The van der Waals surface area contributed by atoms with Crippen LogP contribution in [0.15, 0.2) is 36.4 Å². The van der Waals surface area contributed by atoms with Crippen LogP contribution >= 0.6 is 11.6 Å². The molecule has 0 unspecified atom stereocenters. The highest BCUT2D eigenvalue weighted by Crippen LogP contribution is 2.34. The first-order valence-corrected chi connectivity index (χ1v) is 5.07. The molecular weight excluding hydrogens is 253 g/mol. The van der Waals surface area contributed by atoms with Crippen molar-refractivity contribution in [2.24, 2.45) is 0 Å². The van der Waals surface area contributed by atoms with Gasteiger partial charge in [-0.25, -0.2) is 0 Å². The van der Waals surface area contributed by atoms with Gasteiger partial charge in [0.25, 0.3) is 0 Å². The smallest absolute Gasteiger partial charge is 0.161 e. The summed E-state index contributed by atoms with van der Waals surface area (Å²) in [4.78, 5) is 0. The molecule has 0 bridgehead atoms. The van der Waals surface area contributed by atoms with E-state index in [4.69, 9.17) is 11.6 Å². The Kier molecular flexibility index (Phi) is 3.02. The molecule has 0 saturated carbocycles. The molecule has 1 heterocycles. The molecule has 0 aliphatic carbocycles. The molecule has 0 aliphatic heterocycles. The number of hydrogen-bond acceptors (Lipinski definition) is 1. The maximum Gasteiger partial charge on any atom is 0.480 e. The Balaban J connectivity index is 2.64. The zero-order valence-corrected chi connectivity index (χ0v) is 9.18. The minimum atomic E-state index is -4.50. The number of hydrogen-bond donors (Lipinski definition) is 0. The van der Waals surface area contributed by atoms with Gasteiger partial charge in [-0.15, -0.1) is 0 Å². The van der Waals surface area contributed by atoms with E-state index in [2.05, 4.69) is 5.10 Å². The van der Waals surface area contributed by atoms with E-state index in [-0.39, 0.29) is 10.7 Å². The first-order chi connectivity index (χ1) is 7.98. The fourth-order valence-electron chi connectivity index (χ4n) is 1.45. The molecule has 6 heteroatoms. The topological polar surface area (TPSA) is 27.0 Å². The number of aromatic amines is 1. The van der Waals surface area contributed by atoms with Gasteiger partial charge < -0.3 is 0 Å². The van der Waals surface area contributed by atoms with E-state index in [1.807, 2.05) is 5.10 Å². The normalized spacial score (nSPS) is 11.5. The summed E-state index contributed by atoms with van der Waals surface area (Å²) in [6, 6.07) is 9.39. The number of benzene rings is 1. The third-order valence-electron chi connectivity index (χ3n) is 2.18. The second kappa shape index (κ2) is 4.33. The van der Waals surface area contributed by atoms with Gasteiger partial charge in [-0.05, 0) is 11.6 Å². The van der Waals surface area contributed by atoms with Crippen LogP contribution in [0.3, 0.4) is 0 Å². The SMILES string of the molecule is FC(F)(F)c1[nH+]nc(Cl)cc1-c1ccccc1. The van der Waals surface area contributed by atoms with E-state index >= 15 is 0 Å². The number of H-pyrrole nitrogens is 1. The summed E-state index contributed by atoms with van der Waals surface area (Å²) in [6.45, 7) is 0. The Morgan fingerprint density at radius 3 is 2.35 bits per heavy atom. The van der Waals surface area contributed by atoms with Crippen molar-refractivity contribution in [3.05, 3.63) is 47.2 Å². The molecule has 0 fully saturated rings. The van der Waals surface area contributed by atoms with Crippen molar-refractivity contribution >= 4 is 11.6 Å². The molecule has 1 aromatic carbocycles. The van der Waals surface area contributed by atoms with E-state index in [1.54, 1.807) is 30.3 Å². The summed E-state index contributed by atoms with van der Waals surface area (Å²) in [7, 11) is 0. The molecule has 1 aromatic heterocycles. The van der Waals surface area contributed by atoms with Gasteiger partial charge in [-0.1, -0.05) is 47.0 Å². The van der Waals surface area contributed by atoms with Crippen LogP contribution < -0.4 is 5.10 Å². The highest BCUT2D eigenvalue weighted by atomic mass is 35.5. The Morgan fingerprint density at radius 1 is 1.12 bits per heavy atom. The average molecular weight is 260 g/mol. The molecular formula is C11H7ClF3N2+. The van der Waals surface area contributed by atoms with Gasteiger partial charge in [0.15, 0.2) is 5.15 Å².